The Balaban J connectivity index is 2.03. The zero-order valence-electron chi connectivity index (χ0n) is 12.7. The lowest BCUT2D eigenvalue weighted by atomic mass is 10.1. The number of aryl methyl sites for hydroxylation is 1. The van der Waals surface area contributed by atoms with Crippen LogP contribution in [0.25, 0.3) is 11.5 Å². The highest BCUT2D eigenvalue weighted by Crippen LogP contribution is 2.23. The molecule has 0 spiro atoms. The summed E-state index contributed by atoms with van der Waals surface area (Å²) in [6.07, 6.45) is 1.29. The lowest BCUT2D eigenvalue weighted by molar-refractivity contribution is -0.115. The van der Waals surface area contributed by atoms with Gasteiger partial charge in [0.05, 0.1) is 6.54 Å². The van der Waals surface area contributed by atoms with Crippen LogP contribution in [-0.2, 0) is 4.79 Å². The van der Waals surface area contributed by atoms with Crippen LogP contribution in [0, 0.1) is 6.92 Å². The Labute approximate surface area is 124 Å². The highest BCUT2D eigenvalue weighted by Gasteiger charge is 2.12. The minimum absolute atomic E-state index is 0.0708. The molecule has 0 aliphatic carbocycles. The lowest BCUT2D eigenvalue weighted by Crippen LogP contribution is -2.41. The second-order valence-corrected chi connectivity index (χ2v) is 5.93. The van der Waals surface area contributed by atoms with Gasteiger partial charge in [-0.1, -0.05) is 0 Å². The second kappa shape index (κ2) is 6.05. The van der Waals surface area contributed by atoms with Crippen molar-refractivity contribution in [3.8, 4) is 11.5 Å². The van der Waals surface area contributed by atoms with Gasteiger partial charge in [0, 0.05) is 16.8 Å². The quantitative estimate of drug-likeness (QED) is 0.903. The van der Waals surface area contributed by atoms with Crippen LogP contribution in [0.15, 0.2) is 29.0 Å². The Morgan fingerprint density at radius 2 is 2.10 bits per heavy atom. The zero-order chi connectivity index (χ0) is 15.5. The number of amides is 1. The summed E-state index contributed by atoms with van der Waals surface area (Å²) in [5.74, 6) is 0.393. The molecule has 1 heterocycles. The maximum absolute atomic E-state index is 11.9. The number of carbonyl (C=O) groups is 1. The van der Waals surface area contributed by atoms with Crippen LogP contribution in [0.4, 0.5) is 5.69 Å². The van der Waals surface area contributed by atoms with E-state index in [0.717, 1.165) is 16.8 Å². The van der Waals surface area contributed by atoms with Gasteiger partial charge in [0.1, 0.15) is 0 Å². The van der Waals surface area contributed by atoms with Crippen molar-refractivity contribution in [3.63, 3.8) is 0 Å². The van der Waals surface area contributed by atoms with Gasteiger partial charge < -0.3 is 15.1 Å². The van der Waals surface area contributed by atoms with E-state index in [1.54, 1.807) is 0 Å². The first-order chi connectivity index (χ1) is 9.85. The van der Waals surface area contributed by atoms with Crippen molar-refractivity contribution in [1.29, 1.82) is 0 Å². The summed E-state index contributed by atoms with van der Waals surface area (Å²) in [5, 5.41) is 13.5. The van der Waals surface area contributed by atoms with Crippen LogP contribution >= 0.6 is 0 Å². The monoisotopic (exact) mass is 288 g/mol. The van der Waals surface area contributed by atoms with Gasteiger partial charge in [0.2, 0.25) is 18.2 Å². The number of carbonyl (C=O) groups excluding carboxylic acids is 1. The molecule has 6 heteroatoms. The highest BCUT2D eigenvalue weighted by molar-refractivity contribution is 5.93. The molecule has 21 heavy (non-hydrogen) atoms. The van der Waals surface area contributed by atoms with Crippen LogP contribution in [0.1, 0.15) is 26.3 Å². The molecule has 1 amide bonds. The fourth-order valence-corrected chi connectivity index (χ4v) is 1.78. The number of aromatic nitrogens is 2. The average molecular weight is 288 g/mol. The maximum Gasteiger partial charge on any atom is 0.247 e. The summed E-state index contributed by atoms with van der Waals surface area (Å²) in [4.78, 5) is 11.9. The predicted octanol–water partition coefficient (Wildman–Crippen LogP) is 2.37. The summed E-state index contributed by atoms with van der Waals surface area (Å²) in [5.41, 5.74) is 2.46. The van der Waals surface area contributed by atoms with E-state index in [1.807, 2.05) is 45.9 Å². The first-order valence-corrected chi connectivity index (χ1v) is 6.77. The molecule has 112 valence electrons. The molecule has 0 aliphatic rings. The summed E-state index contributed by atoms with van der Waals surface area (Å²) < 4.78 is 5.15. The molecule has 0 saturated heterocycles. The summed E-state index contributed by atoms with van der Waals surface area (Å²) in [7, 11) is 0. The van der Waals surface area contributed by atoms with E-state index in [9.17, 15) is 4.79 Å². The van der Waals surface area contributed by atoms with Crippen molar-refractivity contribution in [2.24, 2.45) is 0 Å². The molecule has 0 saturated carbocycles. The molecule has 1 aromatic heterocycles. The highest BCUT2D eigenvalue weighted by atomic mass is 16.4. The molecule has 1 aromatic carbocycles. The summed E-state index contributed by atoms with van der Waals surface area (Å²) >= 11 is 0. The van der Waals surface area contributed by atoms with Crippen molar-refractivity contribution in [2.75, 3.05) is 11.9 Å². The van der Waals surface area contributed by atoms with E-state index < -0.39 is 0 Å². The third-order valence-corrected chi connectivity index (χ3v) is 2.89. The normalized spacial score (nSPS) is 11.4. The minimum Gasteiger partial charge on any atom is -0.423 e. The molecule has 0 radical (unpaired) electrons. The molecule has 0 atom stereocenters. The average Bonchev–Trinajstić information content (AvgIpc) is 2.92. The van der Waals surface area contributed by atoms with Crippen molar-refractivity contribution < 1.29 is 9.21 Å². The fourth-order valence-electron chi connectivity index (χ4n) is 1.78. The summed E-state index contributed by atoms with van der Waals surface area (Å²) in [6, 6.07) is 5.58. The maximum atomic E-state index is 11.9. The number of rotatable bonds is 4. The smallest absolute Gasteiger partial charge is 0.247 e. The second-order valence-electron chi connectivity index (χ2n) is 5.93. The molecule has 2 rings (SSSR count). The van der Waals surface area contributed by atoms with Crippen LogP contribution in [0.3, 0.4) is 0 Å². The molecule has 0 bridgehead atoms. The van der Waals surface area contributed by atoms with Gasteiger partial charge >= 0.3 is 0 Å². The number of benzene rings is 1. The van der Waals surface area contributed by atoms with Crippen molar-refractivity contribution in [3.05, 3.63) is 30.2 Å². The molecule has 2 aromatic rings. The SMILES string of the molecule is Cc1cc(-c2nnco2)ccc1NC(=O)CNC(C)(C)C. The molecule has 0 fully saturated rings. The van der Waals surface area contributed by atoms with Gasteiger partial charge in [0.15, 0.2) is 0 Å². The van der Waals surface area contributed by atoms with E-state index >= 15 is 0 Å². The van der Waals surface area contributed by atoms with Crippen LogP contribution < -0.4 is 10.6 Å². The van der Waals surface area contributed by atoms with Gasteiger partial charge in [-0.05, 0) is 51.5 Å². The third-order valence-electron chi connectivity index (χ3n) is 2.89. The van der Waals surface area contributed by atoms with Crippen LogP contribution in [0.5, 0.6) is 0 Å². The first-order valence-electron chi connectivity index (χ1n) is 6.77. The van der Waals surface area contributed by atoms with E-state index in [0.29, 0.717) is 5.89 Å². The van der Waals surface area contributed by atoms with Gasteiger partial charge in [-0.25, -0.2) is 0 Å². The fraction of sp³-hybridized carbons (Fsp3) is 0.400. The first kappa shape index (κ1) is 15.2. The van der Waals surface area contributed by atoms with Crippen LogP contribution in [0.2, 0.25) is 0 Å². The van der Waals surface area contributed by atoms with E-state index in [2.05, 4.69) is 20.8 Å². The van der Waals surface area contributed by atoms with Gasteiger partial charge in [-0.15, -0.1) is 10.2 Å². The Bertz CT molecular complexity index is 615. The summed E-state index contributed by atoms with van der Waals surface area (Å²) in [6.45, 7) is 8.25. The van der Waals surface area contributed by atoms with Crippen molar-refractivity contribution in [1.82, 2.24) is 15.5 Å². The molecular weight excluding hydrogens is 268 g/mol. The van der Waals surface area contributed by atoms with Crippen molar-refractivity contribution in [2.45, 2.75) is 33.2 Å². The molecule has 6 nitrogen and oxygen atoms in total. The lowest BCUT2D eigenvalue weighted by Gasteiger charge is -2.20. The third kappa shape index (κ3) is 4.39. The number of hydrogen-bond acceptors (Lipinski definition) is 5. The number of nitrogens with zero attached hydrogens (tertiary/aromatic N) is 2. The molecule has 0 unspecified atom stereocenters. The Morgan fingerprint density at radius 3 is 2.67 bits per heavy atom. The zero-order valence-corrected chi connectivity index (χ0v) is 12.7. The van der Waals surface area contributed by atoms with E-state index in [-0.39, 0.29) is 18.0 Å². The minimum atomic E-state index is -0.0891. The van der Waals surface area contributed by atoms with Gasteiger partial charge in [0.25, 0.3) is 0 Å². The predicted molar refractivity (Wildman–Crippen MR) is 80.9 cm³/mol. The number of nitrogens with one attached hydrogen (secondary N) is 2. The van der Waals surface area contributed by atoms with E-state index in [4.69, 9.17) is 4.42 Å². The standard InChI is InChI=1S/C15H20N4O2/c1-10-7-11(14-19-17-9-21-14)5-6-12(10)18-13(20)8-16-15(2,3)4/h5-7,9,16H,8H2,1-4H3,(H,18,20). The molecular formula is C15H20N4O2. The molecule has 2 N–H and O–H groups in total. The largest absolute Gasteiger partial charge is 0.423 e. The van der Waals surface area contributed by atoms with Gasteiger partial charge in [-0.3, -0.25) is 4.79 Å². The van der Waals surface area contributed by atoms with Gasteiger partial charge in [-0.2, -0.15) is 0 Å². The Hall–Kier alpha value is -2.21. The molecule has 0 aliphatic heterocycles. The topological polar surface area (TPSA) is 80.1 Å². The Morgan fingerprint density at radius 1 is 1.33 bits per heavy atom. The van der Waals surface area contributed by atoms with E-state index in [1.165, 1.54) is 6.39 Å². The number of anilines is 1. The van der Waals surface area contributed by atoms with Crippen LogP contribution in [-0.4, -0.2) is 28.2 Å². The Kier molecular flexibility index (Phi) is 4.37. The van der Waals surface area contributed by atoms with Crippen molar-refractivity contribution >= 4 is 11.6 Å². The number of hydrogen-bond donors (Lipinski definition) is 2.